The van der Waals surface area contributed by atoms with Crippen molar-refractivity contribution in [1.29, 1.82) is 0 Å². The highest BCUT2D eigenvalue weighted by molar-refractivity contribution is 5.88. The summed E-state index contributed by atoms with van der Waals surface area (Å²) in [5, 5.41) is 8.75. The van der Waals surface area contributed by atoms with Gasteiger partial charge < -0.3 is 14.7 Å². The van der Waals surface area contributed by atoms with E-state index in [0.29, 0.717) is 25.7 Å². The molecule has 0 saturated carbocycles. The number of nitrogens with zero attached hydrogens (tertiary/aromatic N) is 1. The first-order chi connectivity index (χ1) is 9.50. The van der Waals surface area contributed by atoms with Gasteiger partial charge >= 0.3 is 5.97 Å². The van der Waals surface area contributed by atoms with E-state index in [1.54, 1.807) is 11.9 Å². The second kappa shape index (κ2) is 6.17. The van der Waals surface area contributed by atoms with Gasteiger partial charge in [-0.05, 0) is 30.9 Å². The molecule has 110 valence electrons. The van der Waals surface area contributed by atoms with Gasteiger partial charge in [-0.25, -0.2) is 13.6 Å². The Bertz CT molecular complexity index is 501. The lowest BCUT2D eigenvalue weighted by molar-refractivity contribution is 0.0681. The van der Waals surface area contributed by atoms with Gasteiger partial charge in [-0.3, -0.25) is 0 Å². The van der Waals surface area contributed by atoms with E-state index in [-0.39, 0.29) is 5.69 Å². The van der Waals surface area contributed by atoms with Gasteiger partial charge in [0.1, 0.15) is 0 Å². The minimum Gasteiger partial charge on any atom is -0.478 e. The third-order valence-electron chi connectivity index (χ3n) is 3.58. The van der Waals surface area contributed by atoms with Crippen LogP contribution in [0.2, 0.25) is 0 Å². The lowest BCUT2D eigenvalue weighted by Crippen LogP contribution is -2.30. The molecule has 1 aliphatic rings. The molecule has 1 aromatic carbocycles. The maximum Gasteiger partial charge on any atom is 0.338 e. The molecule has 4 nitrogen and oxygen atoms in total. The molecule has 0 aromatic heterocycles. The van der Waals surface area contributed by atoms with Crippen LogP contribution in [-0.4, -0.2) is 37.9 Å². The van der Waals surface area contributed by atoms with Crippen LogP contribution in [-0.2, 0) is 4.74 Å². The highest BCUT2D eigenvalue weighted by atomic mass is 19.2. The quantitative estimate of drug-likeness (QED) is 0.923. The number of halogens is 2. The Balaban J connectivity index is 2.15. The SMILES string of the molecule is CN(CC1CCOCC1)c1ccc(C(=O)O)c(F)c1F. The molecule has 1 saturated heterocycles. The molecule has 0 bridgehead atoms. The fourth-order valence-electron chi connectivity index (χ4n) is 2.41. The Labute approximate surface area is 116 Å². The summed E-state index contributed by atoms with van der Waals surface area (Å²) in [6.07, 6.45) is 1.78. The Morgan fingerprint density at radius 1 is 1.35 bits per heavy atom. The predicted octanol–water partition coefficient (Wildman–Crippen LogP) is 2.53. The number of carbonyl (C=O) groups is 1. The standard InChI is InChI=1S/C14H17F2NO3/c1-17(8-9-4-6-20-7-5-9)11-3-2-10(14(18)19)12(15)13(11)16/h2-3,9H,4-8H2,1H3,(H,18,19). The van der Waals surface area contributed by atoms with Crippen LogP contribution < -0.4 is 4.90 Å². The number of ether oxygens (including phenoxy) is 1. The van der Waals surface area contributed by atoms with Crippen LogP contribution in [0.5, 0.6) is 0 Å². The molecule has 0 unspecified atom stereocenters. The van der Waals surface area contributed by atoms with Crippen molar-refractivity contribution >= 4 is 11.7 Å². The van der Waals surface area contributed by atoms with E-state index < -0.39 is 23.2 Å². The number of carboxylic acids is 1. The zero-order valence-electron chi connectivity index (χ0n) is 11.2. The van der Waals surface area contributed by atoms with Crippen molar-refractivity contribution in [3.8, 4) is 0 Å². The van der Waals surface area contributed by atoms with Crippen molar-refractivity contribution in [3.05, 3.63) is 29.3 Å². The lowest BCUT2D eigenvalue weighted by Gasteiger charge is -2.28. The monoisotopic (exact) mass is 285 g/mol. The average Bonchev–Trinajstić information content (AvgIpc) is 2.42. The van der Waals surface area contributed by atoms with E-state index in [4.69, 9.17) is 9.84 Å². The van der Waals surface area contributed by atoms with E-state index >= 15 is 0 Å². The topological polar surface area (TPSA) is 49.8 Å². The second-order valence-electron chi connectivity index (χ2n) is 5.00. The van der Waals surface area contributed by atoms with Gasteiger partial charge in [0.2, 0.25) is 0 Å². The van der Waals surface area contributed by atoms with Crippen molar-refractivity contribution in [3.63, 3.8) is 0 Å². The Kier molecular flexibility index (Phi) is 4.54. The summed E-state index contributed by atoms with van der Waals surface area (Å²) in [5.74, 6) is -3.52. The number of carboxylic acid groups (broad SMARTS) is 1. The van der Waals surface area contributed by atoms with E-state index in [1.807, 2.05) is 0 Å². The lowest BCUT2D eigenvalue weighted by atomic mass is 9.99. The molecule has 0 radical (unpaired) electrons. The molecule has 6 heteroatoms. The number of benzene rings is 1. The predicted molar refractivity (Wildman–Crippen MR) is 70.1 cm³/mol. The zero-order valence-corrected chi connectivity index (χ0v) is 11.2. The van der Waals surface area contributed by atoms with Crippen molar-refractivity contribution in [1.82, 2.24) is 0 Å². The Morgan fingerprint density at radius 3 is 2.60 bits per heavy atom. The molecule has 20 heavy (non-hydrogen) atoms. The molecule has 0 aliphatic carbocycles. The third-order valence-corrected chi connectivity index (χ3v) is 3.58. The molecule has 1 aliphatic heterocycles. The van der Waals surface area contributed by atoms with Crippen molar-refractivity contribution in [2.45, 2.75) is 12.8 Å². The van der Waals surface area contributed by atoms with Crippen LogP contribution in [0.1, 0.15) is 23.2 Å². The molecule has 1 N–H and O–H groups in total. The van der Waals surface area contributed by atoms with E-state index in [9.17, 15) is 13.6 Å². The van der Waals surface area contributed by atoms with Gasteiger partial charge in [-0.2, -0.15) is 0 Å². The molecule has 2 rings (SSSR count). The van der Waals surface area contributed by atoms with Crippen molar-refractivity contribution in [2.24, 2.45) is 5.92 Å². The van der Waals surface area contributed by atoms with Gasteiger partial charge in [0.05, 0.1) is 11.3 Å². The molecule has 0 spiro atoms. The third kappa shape index (κ3) is 3.07. The highest BCUT2D eigenvalue weighted by Crippen LogP contribution is 2.25. The minimum absolute atomic E-state index is 0.0824. The summed E-state index contributed by atoms with van der Waals surface area (Å²) in [6, 6.07) is 2.40. The number of hydrogen-bond donors (Lipinski definition) is 1. The maximum atomic E-state index is 13.9. The number of aromatic carboxylic acids is 1. The molecule has 1 aromatic rings. The average molecular weight is 285 g/mol. The Hall–Kier alpha value is -1.69. The van der Waals surface area contributed by atoms with Crippen molar-refractivity contribution < 1.29 is 23.4 Å². The van der Waals surface area contributed by atoms with Gasteiger partial charge in [0.15, 0.2) is 11.6 Å². The van der Waals surface area contributed by atoms with Crippen LogP contribution in [0.4, 0.5) is 14.5 Å². The van der Waals surface area contributed by atoms with E-state index in [2.05, 4.69) is 0 Å². The molecular formula is C14H17F2NO3. The van der Waals surface area contributed by atoms with Crippen LogP contribution >= 0.6 is 0 Å². The first kappa shape index (κ1) is 14.7. The largest absolute Gasteiger partial charge is 0.478 e. The summed E-state index contributed by atoms with van der Waals surface area (Å²) in [6.45, 7) is 1.97. The van der Waals surface area contributed by atoms with Gasteiger partial charge in [0, 0.05) is 26.8 Å². The summed E-state index contributed by atoms with van der Waals surface area (Å²) in [4.78, 5) is 12.4. The molecule has 0 atom stereocenters. The first-order valence-corrected chi connectivity index (χ1v) is 6.51. The smallest absolute Gasteiger partial charge is 0.338 e. The zero-order chi connectivity index (χ0) is 14.7. The summed E-state index contributed by atoms with van der Waals surface area (Å²) >= 11 is 0. The summed E-state index contributed by atoms with van der Waals surface area (Å²) in [7, 11) is 1.67. The van der Waals surface area contributed by atoms with Crippen LogP contribution in [0.3, 0.4) is 0 Å². The normalized spacial score (nSPS) is 16.1. The fourth-order valence-corrected chi connectivity index (χ4v) is 2.41. The maximum absolute atomic E-state index is 13.9. The molecule has 0 amide bonds. The fraction of sp³-hybridized carbons (Fsp3) is 0.500. The van der Waals surface area contributed by atoms with E-state index in [0.717, 1.165) is 18.9 Å². The van der Waals surface area contributed by atoms with Crippen LogP contribution in [0.25, 0.3) is 0 Å². The van der Waals surface area contributed by atoms with Gasteiger partial charge in [-0.15, -0.1) is 0 Å². The molecular weight excluding hydrogens is 268 g/mol. The molecule has 1 heterocycles. The van der Waals surface area contributed by atoms with Crippen molar-refractivity contribution in [2.75, 3.05) is 31.7 Å². The summed E-state index contributed by atoms with van der Waals surface area (Å²) < 4.78 is 32.8. The van der Waals surface area contributed by atoms with Gasteiger partial charge in [-0.1, -0.05) is 0 Å². The molecule has 1 fully saturated rings. The Morgan fingerprint density at radius 2 is 2.00 bits per heavy atom. The minimum atomic E-state index is -1.47. The summed E-state index contributed by atoms with van der Waals surface area (Å²) in [5.41, 5.74) is -0.565. The number of rotatable bonds is 4. The highest BCUT2D eigenvalue weighted by Gasteiger charge is 2.22. The van der Waals surface area contributed by atoms with E-state index in [1.165, 1.54) is 6.07 Å². The first-order valence-electron chi connectivity index (χ1n) is 6.51. The number of hydrogen-bond acceptors (Lipinski definition) is 3. The van der Waals surface area contributed by atoms with Crippen LogP contribution in [0, 0.1) is 17.6 Å². The second-order valence-corrected chi connectivity index (χ2v) is 5.00. The number of anilines is 1. The van der Waals surface area contributed by atoms with Gasteiger partial charge in [0.25, 0.3) is 0 Å². The van der Waals surface area contributed by atoms with Crippen LogP contribution in [0.15, 0.2) is 12.1 Å².